The van der Waals surface area contributed by atoms with Gasteiger partial charge in [0.25, 0.3) is 0 Å². The maximum atomic E-state index is 12.3. The summed E-state index contributed by atoms with van der Waals surface area (Å²) in [6.07, 6.45) is -1.43. The molecule has 0 aliphatic rings. The van der Waals surface area contributed by atoms with Crippen LogP contribution < -0.4 is 5.32 Å². The van der Waals surface area contributed by atoms with Crippen molar-refractivity contribution in [2.75, 3.05) is 6.54 Å². The van der Waals surface area contributed by atoms with Crippen LogP contribution in [0.15, 0.2) is 12.3 Å². The molecule has 1 rings (SSSR count). The number of rotatable bonds is 8. The second-order valence-electron chi connectivity index (χ2n) is 5.39. The summed E-state index contributed by atoms with van der Waals surface area (Å²) in [5.74, 6) is 0. The molecule has 0 aliphatic carbocycles. The Morgan fingerprint density at radius 1 is 1.35 bits per heavy atom. The molecular weight excluding hydrogens is 267 g/mol. The average Bonchev–Trinajstić information content (AvgIpc) is 2.80. The van der Waals surface area contributed by atoms with Crippen LogP contribution in [0.25, 0.3) is 0 Å². The highest BCUT2D eigenvalue weighted by atomic mass is 19.4. The summed E-state index contributed by atoms with van der Waals surface area (Å²) in [6, 6.07) is 1.97. The Balaban J connectivity index is 2.58. The molecule has 20 heavy (non-hydrogen) atoms. The summed E-state index contributed by atoms with van der Waals surface area (Å²) in [7, 11) is 0. The van der Waals surface area contributed by atoms with Gasteiger partial charge in [-0.25, -0.2) is 0 Å². The van der Waals surface area contributed by atoms with E-state index >= 15 is 0 Å². The zero-order chi connectivity index (χ0) is 15.2. The van der Waals surface area contributed by atoms with Crippen LogP contribution in [0.4, 0.5) is 13.2 Å². The molecule has 1 heterocycles. The number of hydrogen-bond acceptors (Lipinski definition) is 2. The minimum Gasteiger partial charge on any atom is -0.314 e. The quantitative estimate of drug-likeness (QED) is 0.791. The molecule has 116 valence electrons. The lowest BCUT2D eigenvalue weighted by molar-refractivity contribution is -0.136. The molecule has 3 nitrogen and oxygen atoms in total. The molecule has 6 heteroatoms. The molecule has 1 aromatic heterocycles. The second kappa shape index (κ2) is 7.67. The molecule has 0 saturated heterocycles. The van der Waals surface area contributed by atoms with E-state index in [-0.39, 0.29) is 18.5 Å². The van der Waals surface area contributed by atoms with Gasteiger partial charge >= 0.3 is 6.18 Å². The standard InChI is InChI=1S/C14H24F3N3/c1-4-8-18-12(5-7-14(15,16)17)10-13-6-9-20(19-13)11(2)3/h6,9,11-12,18H,4-5,7-8,10H2,1-3H3. The Bertz CT molecular complexity index is 385. The first-order chi connectivity index (χ1) is 9.31. The summed E-state index contributed by atoms with van der Waals surface area (Å²) >= 11 is 0. The highest BCUT2D eigenvalue weighted by Gasteiger charge is 2.28. The third kappa shape index (κ3) is 6.41. The van der Waals surface area contributed by atoms with Gasteiger partial charge in [-0.3, -0.25) is 4.68 Å². The van der Waals surface area contributed by atoms with Crippen molar-refractivity contribution >= 4 is 0 Å². The molecule has 0 aliphatic heterocycles. The van der Waals surface area contributed by atoms with Crippen molar-refractivity contribution in [2.24, 2.45) is 0 Å². The smallest absolute Gasteiger partial charge is 0.314 e. The monoisotopic (exact) mass is 291 g/mol. The van der Waals surface area contributed by atoms with Crippen LogP contribution in [0.3, 0.4) is 0 Å². The molecule has 0 bridgehead atoms. The van der Waals surface area contributed by atoms with Gasteiger partial charge in [-0.15, -0.1) is 0 Å². The minimum atomic E-state index is -4.09. The molecule has 0 fully saturated rings. The zero-order valence-electron chi connectivity index (χ0n) is 12.4. The molecule has 0 radical (unpaired) electrons. The fourth-order valence-electron chi connectivity index (χ4n) is 1.99. The predicted octanol–water partition coefficient (Wildman–Crippen LogP) is 3.72. The van der Waals surface area contributed by atoms with E-state index in [1.165, 1.54) is 0 Å². The minimum absolute atomic E-state index is 0.0953. The number of nitrogens with zero attached hydrogens (tertiary/aromatic N) is 2. The number of hydrogen-bond donors (Lipinski definition) is 1. The van der Waals surface area contributed by atoms with Crippen LogP contribution in [0, 0.1) is 0 Å². The third-order valence-electron chi connectivity index (χ3n) is 3.11. The van der Waals surface area contributed by atoms with Gasteiger partial charge in [-0.2, -0.15) is 18.3 Å². The fourth-order valence-corrected chi connectivity index (χ4v) is 1.99. The molecule has 1 unspecified atom stereocenters. The summed E-state index contributed by atoms with van der Waals surface area (Å²) in [5.41, 5.74) is 0.842. The van der Waals surface area contributed by atoms with Crippen LogP contribution in [0.2, 0.25) is 0 Å². The Hall–Kier alpha value is -1.04. The first kappa shape index (κ1) is 17.0. The van der Waals surface area contributed by atoms with Crippen LogP contribution in [-0.2, 0) is 6.42 Å². The Kier molecular flexibility index (Phi) is 6.52. The van der Waals surface area contributed by atoms with E-state index in [4.69, 9.17) is 0 Å². The van der Waals surface area contributed by atoms with Crippen molar-refractivity contribution < 1.29 is 13.2 Å². The Morgan fingerprint density at radius 2 is 2.05 bits per heavy atom. The van der Waals surface area contributed by atoms with E-state index in [0.29, 0.717) is 6.42 Å². The lowest BCUT2D eigenvalue weighted by atomic mass is 10.1. The van der Waals surface area contributed by atoms with E-state index < -0.39 is 12.6 Å². The van der Waals surface area contributed by atoms with Crippen LogP contribution in [0.5, 0.6) is 0 Å². The highest BCUT2D eigenvalue weighted by Crippen LogP contribution is 2.23. The summed E-state index contributed by atoms with van der Waals surface area (Å²) in [5, 5.41) is 7.58. The number of alkyl halides is 3. The number of aromatic nitrogens is 2. The van der Waals surface area contributed by atoms with E-state index in [0.717, 1.165) is 18.7 Å². The number of nitrogens with one attached hydrogen (secondary N) is 1. The van der Waals surface area contributed by atoms with Crippen LogP contribution in [-0.4, -0.2) is 28.5 Å². The molecule has 1 atom stereocenters. The van der Waals surface area contributed by atoms with Crippen molar-refractivity contribution in [3.8, 4) is 0 Å². The summed E-state index contributed by atoms with van der Waals surface area (Å²) in [4.78, 5) is 0. The molecule has 0 saturated carbocycles. The average molecular weight is 291 g/mol. The van der Waals surface area contributed by atoms with Gasteiger partial charge in [0.1, 0.15) is 0 Å². The lowest BCUT2D eigenvalue weighted by Crippen LogP contribution is -2.33. The van der Waals surface area contributed by atoms with E-state index in [9.17, 15) is 13.2 Å². The fraction of sp³-hybridized carbons (Fsp3) is 0.786. The topological polar surface area (TPSA) is 29.9 Å². The molecule has 0 spiro atoms. The van der Waals surface area contributed by atoms with E-state index in [1.807, 2.05) is 37.7 Å². The van der Waals surface area contributed by atoms with Gasteiger partial charge in [-0.1, -0.05) is 6.92 Å². The predicted molar refractivity (Wildman–Crippen MR) is 73.7 cm³/mol. The SMILES string of the molecule is CCCNC(CCC(F)(F)F)Cc1ccn(C(C)C)n1. The highest BCUT2D eigenvalue weighted by molar-refractivity contribution is 5.02. The van der Waals surface area contributed by atoms with Gasteiger partial charge in [0, 0.05) is 31.1 Å². The summed E-state index contributed by atoms with van der Waals surface area (Å²) < 4.78 is 38.8. The Labute approximate surface area is 118 Å². The first-order valence-corrected chi connectivity index (χ1v) is 7.16. The van der Waals surface area contributed by atoms with Gasteiger partial charge in [0.2, 0.25) is 0 Å². The first-order valence-electron chi connectivity index (χ1n) is 7.16. The molecule has 1 N–H and O–H groups in total. The van der Waals surface area contributed by atoms with E-state index in [2.05, 4.69) is 10.4 Å². The Morgan fingerprint density at radius 3 is 2.55 bits per heavy atom. The molecule has 0 amide bonds. The van der Waals surface area contributed by atoms with Gasteiger partial charge in [-0.05, 0) is 39.3 Å². The largest absolute Gasteiger partial charge is 0.389 e. The second-order valence-corrected chi connectivity index (χ2v) is 5.39. The zero-order valence-corrected chi connectivity index (χ0v) is 12.4. The number of halogens is 3. The van der Waals surface area contributed by atoms with Crippen LogP contribution >= 0.6 is 0 Å². The molecule has 0 aromatic carbocycles. The van der Waals surface area contributed by atoms with Crippen molar-refractivity contribution in [1.29, 1.82) is 0 Å². The molecule has 1 aromatic rings. The van der Waals surface area contributed by atoms with Crippen molar-refractivity contribution in [1.82, 2.24) is 15.1 Å². The van der Waals surface area contributed by atoms with Crippen molar-refractivity contribution in [2.45, 2.75) is 64.7 Å². The van der Waals surface area contributed by atoms with Gasteiger partial charge < -0.3 is 5.32 Å². The maximum Gasteiger partial charge on any atom is 0.389 e. The molecular formula is C14H24F3N3. The van der Waals surface area contributed by atoms with Crippen molar-refractivity contribution in [3.05, 3.63) is 18.0 Å². The van der Waals surface area contributed by atoms with E-state index in [1.54, 1.807) is 0 Å². The normalized spacial score (nSPS) is 13.9. The van der Waals surface area contributed by atoms with Gasteiger partial charge in [0.15, 0.2) is 0 Å². The maximum absolute atomic E-state index is 12.3. The van der Waals surface area contributed by atoms with Crippen molar-refractivity contribution in [3.63, 3.8) is 0 Å². The summed E-state index contributed by atoms with van der Waals surface area (Å²) in [6.45, 7) is 6.77. The lowest BCUT2D eigenvalue weighted by Gasteiger charge is -2.18. The van der Waals surface area contributed by atoms with Crippen LogP contribution in [0.1, 0.15) is 51.8 Å². The van der Waals surface area contributed by atoms with Gasteiger partial charge in [0.05, 0.1) is 5.69 Å². The third-order valence-corrected chi connectivity index (χ3v) is 3.11.